The van der Waals surface area contributed by atoms with Crippen LogP contribution in [0.3, 0.4) is 0 Å². The maximum atomic E-state index is 15.0. The van der Waals surface area contributed by atoms with Gasteiger partial charge in [0.05, 0.1) is 6.04 Å². The summed E-state index contributed by atoms with van der Waals surface area (Å²) in [6.07, 6.45) is 0. The summed E-state index contributed by atoms with van der Waals surface area (Å²) < 4.78 is 15.0. The van der Waals surface area contributed by atoms with Gasteiger partial charge in [-0.1, -0.05) is 60.1 Å². The van der Waals surface area contributed by atoms with E-state index in [0.29, 0.717) is 39.5 Å². The number of aromatic amines is 1. The van der Waals surface area contributed by atoms with E-state index in [1.165, 1.54) is 6.07 Å². The molecule has 5 rings (SSSR count). The van der Waals surface area contributed by atoms with Crippen molar-refractivity contribution in [2.75, 3.05) is 0 Å². The first kappa shape index (κ1) is 20.3. The smallest absolute Gasteiger partial charge is 0.273 e. The lowest BCUT2D eigenvalue weighted by Gasteiger charge is -2.27. The van der Waals surface area contributed by atoms with Crippen LogP contribution in [0.4, 0.5) is 4.39 Å². The quantitative estimate of drug-likeness (QED) is 0.426. The molecule has 1 amide bonds. The molecule has 160 valence electrons. The molecule has 0 radical (unpaired) electrons. The zero-order valence-electron chi connectivity index (χ0n) is 17.1. The Morgan fingerprint density at radius 1 is 1.12 bits per heavy atom. The average Bonchev–Trinajstić information content (AvgIpc) is 3.32. The largest absolute Gasteiger partial charge is 0.507 e. The van der Waals surface area contributed by atoms with Crippen molar-refractivity contribution in [3.05, 3.63) is 106 Å². The third-order valence-corrected chi connectivity index (χ3v) is 6.20. The molecule has 0 spiro atoms. The lowest BCUT2D eigenvalue weighted by Crippen LogP contribution is -2.29. The first-order valence-electron chi connectivity index (χ1n) is 10.1. The van der Waals surface area contributed by atoms with Gasteiger partial charge in [0.2, 0.25) is 0 Å². The number of hydrogen-bond acceptors (Lipinski definition) is 3. The number of aryl methyl sites for hydroxylation is 1. The number of benzene rings is 3. The molecule has 5 nitrogen and oxygen atoms in total. The van der Waals surface area contributed by atoms with E-state index in [9.17, 15) is 14.3 Å². The van der Waals surface area contributed by atoms with Gasteiger partial charge in [-0.3, -0.25) is 9.89 Å². The molecule has 0 saturated carbocycles. The van der Waals surface area contributed by atoms with E-state index < -0.39 is 11.9 Å². The van der Waals surface area contributed by atoms with Crippen LogP contribution < -0.4 is 0 Å². The van der Waals surface area contributed by atoms with E-state index in [-0.39, 0.29) is 17.4 Å². The van der Waals surface area contributed by atoms with Crippen LogP contribution in [0, 0.1) is 12.7 Å². The van der Waals surface area contributed by atoms with Gasteiger partial charge in [-0.05, 0) is 36.2 Å². The van der Waals surface area contributed by atoms with Crippen molar-refractivity contribution in [1.29, 1.82) is 0 Å². The van der Waals surface area contributed by atoms with Gasteiger partial charge in [0.15, 0.2) is 0 Å². The Bertz CT molecular complexity index is 1340. The Balaban J connectivity index is 1.70. The van der Waals surface area contributed by atoms with Gasteiger partial charge in [-0.15, -0.1) is 0 Å². The highest BCUT2D eigenvalue weighted by Crippen LogP contribution is 2.46. The monoisotopic (exact) mass is 447 g/mol. The van der Waals surface area contributed by atoms with E-state index >= 15 is 0 Å². The summed E-state index contributed by atoms with van der Waals surface area (Å²) in [5.41, 5.74) is 3.54. The summed E-state index contributed by atoms with van der Waals surface area (Å²) in [6.45, 7) is 2.08. The molecule has 4 aromatic rings. The summed E-state index contributed by atoms with van der Waals surface area (Å²) in [4.78, 5) is 15.0. The van der Waals surface area contributed by atoms with Crippen LogP contribution in [-0.4, -0.2) is 26.1 Å². The molecule has 0 fully saturated rings. The zero-order valence-corrected chi connectivity index (χ0v) is 17.9. The maximum absolute atomic E-state index is 15.0. The second-order valence-electron chi connectivity index (χ2n) is 7.82. The molecular formula is C25H19ClFN3O2. The molecule has 0 saturated heterocycles. The molecule has 2 N–H and O–H groups in total. The number of amides is 1. The molecule has 3 aromatic carbocycles. The van der Waals surface area contributed by atoms with Gasteiger partial charge < -0.3 is 10.0 Å². The van der Waals surface area contributed by atoms with Gasteiger partial charge in [-0.25, -0.2) is 4.39 Å². The Morgan fingerprint density at radius 3 is 2.59 bits per heavy atom. The van der Waals surface area contributed by atoms with Crippen molar-refractivity contribution < 1.29 is 14.3 Å². The normalized spacial score (nSPS) is 15.3. The second kappa shape index (κ2) is 7.80. The Kier molecular flexibility index (Phi) is 4.94. The molecule has 1 aliphatic rings. The van der Waals surface area contributed by atoms with Crippen LogP contribution in [0.5, 0.6) is 5.75 Å². The summed E-state index contributed by atoms with van der Waals surface area (Å²) in [5.74, 6) is -0.717. The number of carbonyl (C=O) groups excluding carboxylic acids is 1. The highest BCUT2D eigenvalue weighted by atomic mass is 35.5. The molecule has 1 aromatic heterocycles. The van der Waals surface area contributed by atoms with Crippen molar-refractivity contribution in [3.8, 4) is 17.0 Å². The van der Waals surface area contributed by atoms with E-state index in [1.54, 1.807) is 42.2 Å². The first-order valence-corrected chi connectivity index (χ1v) is 10.5. The Morgan fingerprint density at radius 2 is 1.84 bits per heavy atom. The predicted octanol–water partition coefficient (Wildman–Crippen LogP) is 5.63. The summed E-state index contributed by atoms with van der Waals surface area (Å²) in [5, 5.41) is 18.2. The number of phenols is 1. The third kappa shape index (κ3) is 3.24. The fourth-order valence-electron chi connectivity index (χ4n) is 4.22. The van der Waals surface area contributed by atoms with E-state index in [4.69, 9.17) is 11.6 Å². The Hall–Kier alpha value is -3.64. The molecule has 32 heavy (non-hydrogen) atoms. The number of nitrogens with zero attached hydrogens (tertiary/aromatic N) is 2. The molecule has 7 heteroatoms. The molecule has 0 bridgehead atoms. The summed E-state index contributed by atoms with van der Waals surface area (Å²) >= 11 is 6.31. The number of aromatic hydroxyl groups is 1. The van der Waals surface area contributed by atoms with Crippen molar-refractivity contribution in [3.63, 3.8) is 0 Å². The van der Waals surface area contributed by atoms with Crippen molar-refractivity contribution in [2.24, 2.45) is 0 Å². The fraction of sp³-hybridized carbons (Fsp3) is 0.120. The number of fused-ring (bicyclic) bond motifs is 1. The van der Waals surface area contributed by atoms with Crippen molar-refractivity contribution in [2.45, 2.75) is 19.5 Å². The van der Waals surface area contributed by atoms with Crippen molar-refractivity contribution >= 4 is 17.5 Å². The fourth-order valence-corrected chi connectivity index (χ4v) is 4.38. The highest BCUT2D eigenvalue weighted by Gasteiger charge is 2.43. The van der Waals surface area contributed by atoms with E-state index in [2.05, 4.69) is 10.2 Å². The van der Waals surface area contributed by atoms with E-state index in [0.717, 1.165) is 5.56 Å². The topological polar surface area (TPSA) is 69.2 Å². The number of carbonyl (C=O) groups is 1. The predicted molar refractivity (Wildman–Crippen MR) is 120 cm³/mol. The molecular weight excluding hydrogens is 429 g/mol. The molecule has 1 aliphatic heterocycles. The van der Waals surface area contributed by atoms with Crippen molar-refractivity contribution in [1.82, 2.24) is 15.1 Å². The number of rotatable bonds is 4. The standard InChI is InChI=1S/C25H19ClFN3O2/c1-14-11-20(31)17(12-18(14)26)22-21-23(29-28-22)25(32)30(13-15-7-3-2-4-8-15)24(21)16-9-5-6-10-19(16)27/h2-12,24,31H,13H2,1H3,(H,28,29). The number of H-pyrrole nitrogens is 1. The minimum atomic E-state index is -0.716. The number of hydrogen-bond donors (Lipinski definition) is 2. The van der Waals surface area contributed by atoms with E-state index in [1.807, 2.05) is 30.3 Å². The summed E-state index contributed by atoms with van der Waals surface area (Å²) in [7, 11) is 0. The van der Waals surface area contributed by atoms with Crippen LogP contribution in [0.2, 0.25) is 5.02 Å². The van der Waals surface area contributed by atoms with Gasteiger partial charge in [0.25, 0.3) is 5.91 Å². The van der Waals surface area contributed by atoms with Gasteiger partial charge in [0.1, 0.15) is 23.0 Å². The van der Waals surface area contributed by atoms with Gasteiger partial charge in [-0.2, -0.15) is 5.10 Å². The minimum absolute atomic E-state index is 0.0116. The number of aromatic nitrogens is 2. The lowest BCUT2D eigenvalue weighted by molar-refractivity contribution is 0.0728. The van der Waals surface area contributed by atoms with Crippen LogP contribution in [0.25, 0.3) is 11.3 Å². The average molecular weight is 448 g/mol. The van der Waals surface area contributed by atoms with Crippen LogP contribution in [0.1, 0.15) is 38.8 Å². The zero-order chi connectivity index (χ0) is 22.4. The molecule has 1 atom stereocenters. The highest BCUT2D eigenvalue weighted by molar-refractivity contribution is 6.31. The SMILES string of the molecule is Cc1cc(O)c(-c2n[nH]c3c2C(c2ccccc2F)N(Cc2ccccc2)C3=O)cc1Cl. The maximum Gasteiger partial charge on any atom is 0.273 e. The lowest BCUT2D eigenvalue weighted by atomic mass is 9.94. The molecule has 1 unspecified atom stereocenters. The third-order valence-electron chi connectivity index (χ3n) is 5.79. The Labute approximate surface area is 189 Å². The number of phenolic OH excluding ortho intramolecular Hbond substituents is 1. The minimum Gasteiger partial charge on any atom is -0.507 e. The van der Waals surface area contributed by atoms with Crippen LogP contribution in [0.15, 0.2) is 66.7 Å². The molecule has 0 aliphatic carbocycles. The second-order valence-corrected chi connectivity index (χ2v) is 8.23. The number of nitrogens with one attached hydrogen (secondary N) is 1. The van der Waals surface area contributed by atoms with Crippen LogP contribution in [-0.2, 0) is 6.54 Å². The van der Waals surface area contributed by atoms with Gasteiger partial charge >= 0.3 is 0 Å². The molecule has 2 heterocycles. The first-order chi connectivity index (χ1) is 15.5. The summed E-state index contributed by atoms with van der Waals surface area (Å²) in [6, 6.07) is 18.4. The van der Waals surface area contributed by atoms with Gasteiger partial charge in [0, 0.05) is 28.3 Å². The van der Waals surface area contributed by atoms with Crippen LogP contribution >= 0.6 is 11.6 Å². The number of halogens is 2.